The third kappa shape index (κ3) is 6.03. The van der Waals surface area contributed by atoms with E-state index in [0.717, 1.165) is 54.4 Å². The second-order valence-corrected chi connectivity index (χ2v) is 11.4. The van der Waals surface area contributed by atoms with Crippen LogP contribution < -0.4 is 10.1 Å². The monoisotopic (exact) mass is 543 g/mol. The number of halogens is 1. The van der Waals surface area contributed by atoms with Crippen molar-refractivity contribution >= 4 is 23.4 Å². The third-order valence-corrected chi connectivity index (χ3v) is 8.58. The van der Waals surface area contributed by atoms with Crippen molar-refractivity contribution in [2.75, 3.05) is 13.1 Å². The van der Waals surface area contributed by atoms with Crippen LogP contribution in [-0.2, 0) is 35.8 Å². The number of ether oxygens (including phenoxy) is 1. The fourth-order valence-electron chi connectivity index (χ4n) is 6.15. The molecule has 0 aromatic heterocycles. The van der Waals surface area contributed by atoms with E-state index in [-0.39, 0.29) is 17.9 Å². The molecule has 6 rings (SSSR count). The topological polar surface area (TPSA) is 61.9 Å². The van der Waals surface area contributed by atoms with Crippen LogP contribution in [0.2, 0.25) is 5.02 Å². The molecule has 1 atom stereocenters. The number of rotatable bonds is 7. The maximum absolute atomic E-state index is 12.4. The lowest BCUT2D eigenvalue weighted by Gasteiger charge is -2.32. The summed E-state index contributed by atoms with van der Waals surface area (Å²) in [5, 5.41) is 3.30. The summed E-state index contributed by atoms with van der Waals surface area (Å²) < 4.78 is 6.27. The largest absolute Gasteiger partial charge is 0.489 e. The molecule has 0 aliphatic carbocycles. The van der Waals surface area contributed by atoms with Crippen LogP contribution in [0.15, 0.2) is 66.7 Å². The van der Waals surface area contributed by atoms with Gasteiger partial charge in [0.2, 0.25) is 11.8 Å². The first-order valence-corrected chi connectivity index (χ1v) is 14.3. The number of amides is 2. The molecule has 202 valence electrons. The second-order valence-electron chi connectivity index (χ2n) is 11.0. The number of hydrogen-bond donors (Lipinski definition) is 1. The Balaban J connectivity index is 1.01. The predicted molar refractivity (Wildman–Crippen MR) is 151 cm³/mol. The van der Waals surface area contributed by atoms with Gasteiger partial charge in [-0.2, -0.15) is 0 Å². The van der Waals surface area contributed by atoms with E-state index in [9.17, 15) is 9.59 Å². The first-order chi connectivity index (χ1) is 19.0. The molecule has 3 aromatic rings. The smallest absolute Gasteiger partial charge is 0.243 e. The SMILES string of the molecule is O=C1CCC(N2Cc3cccc(OCc4ccc(CN5CCC(c6cccc(Cl)c6)CC5)cc4)c3C2)C(=O)N1. The zero-order chi connectivity index (χ0) is 26.8. The van der Waals surface area contributed by atoms with Gasteiger partial charge in [-0.15, -0.1) is 0 Å². The van der Waals surface area contributed by atoms with Crippen molar-refractivity contribution in [3.63, 3.8) is 0 Å². The number of imide groups is 1. The van der Waals surface area contributed by atoms with E-state index in [4.69, 9.17) is 16.3 Å². The van der Waals surface area contributed by atoms with Crippen molar-refractivity contribution in [2.45, 2.75) is 63.9 Å². The number of carbonyl (C=O) groups excluding carboxylic acids is 2. The standard InChI is InChI=1S/C32H34ClN3O3/c33-27-5-1-3-25(17-27)24-13-15-35(16-14-24)18-22-7-9-23(10-8-22)21-39-30-6-2-4-26-19-36(20-28(26)30)29-11-12-31(37)34-32(29)38/h1-10,17,24,29H,11-16,18-21H2,(H,34,37,38). The molecular formula is C32H34ClN3O3. The van der Waals surface area contributed by atoms with Crippen LogP contribution in [0.25, 0.3) is 0 Å². The quantitative estimate of drug-likeness (QED) is 0.403. The lowest BCUT2D eigenvalue weighted by Crippen LogP contribution is -2.50. The van der Waals surface area contributed by atoms with E-state index in [1.807, 2.05) is 18.2 Å². The second kappa shape index (κ2) is 11.5. The minimum atomic E-state index is -0.266. The van der Waals surface area contributed by atoms with Crippen LogP contribution >= 0.6 is 11.6 Å². The Bertz CT molecular complexity index is 1350. The molecule has 3 aliphatic heterocycles. The zero-order valence-electron chi connectivity index (χ0n) is 22.1. The molecule has 2 fully saturated rings. The van der Waals surface area contributed by atoms with Crippen LogP contribution in [0.3, 0.4) is 0 Å². The molecule has 3 heterocycles. The summed E-state index contributed by atoms with van der Waals surface area (Å²) in [6.07, 6.45) is 3.29. The zero-order valence-corrected chi connectivity index (χ0v) is 22.8. The predicted octanol–water partition coefficient (Wildman–Crippen LogP) is 5.42. The van der Waals surface area contributed by atoms with Crippen molar-refractivity contribution in [3.05, 3.63) is 99.6 Å². The van der Waals surface area contributed by atoms with Crippen molar-refractivity contribution in [2.24, 2.45) is 0 Å². The number of likely N-dealkylation sites (tertiary alicyclic amines) is 1. The molecule has 0 saturated carbocycles. The first kappa shape index (κ1) is 26.1. The molecule has 7 heteroatoms. The Morgan fingerprint density at radius 3 is 2.44 bits per heavy atom. The Labute approximate surface area is 234 Å². The summed E-state index contributed by atoms with van der Waals surface area (Å²) >= 11 is 6.19. The van der Waals surface area contributed by atoms with Crippen LogP contribution in [0.5, 0.6) is 5.75 Å². The molecule has 2 amide bonds. The number of benzene rings is 3. The summed E-state index contributed by atoms with van der Waals surface area (Å²) in [4.78, 5) is 28.6. The highest BCUT2D eigenvalue weighted by Gasteiger charge is 2.35. The van der Waals surface area contributed by atoms with Gasteiger partial charge in [-0.25, -0.2) is 0 Å². The number of piperidine rings is 2. The number of carbonyl (C=O) groups is 2. The van der Waals surface area contributed by atoms with Crippen molar-refractivity contribution in [3.8, 4) is 5.75 Å². The maximum atomic E-state index is 12.4. The van der Waals surface area contributed by atoms with Crippen LogP contribution in [0, 0.1) is 0 Å². The van der Waals surface area contributed by atoms with Gasteiger partial charge in [0.25, 0.3) is 0 Å². The van der Waals surface area contributed by atoms with Gasteiger partial charge in [0.15, 0.2) is 0 Å². The highest BCUT2D eigenvalue weighted by Crippen LogP contribution is 2.34. The highest BCUT2D eigenvalue weighted by atomic mass is 35.5. The molecule has 0 spiro atoms. The first-order valence-electron chi connectivity index (χ1n) is 13.9. The summed E-state index contributed by atoms with van der Waals surface area (Å²) in [6.45, 7) is 5.01. The Morgan fingerprint density at radius 2 is 1.67 bits per heavy atom. The van der Waals surface area contributed by atoms with Gasteiger partial charge >= 0.3 is 0 Å². The molecule has 3 aliphatic rings. The van der Waals surface area contributed by atoms with Crippen LogP contribution in [-0.4, -0.2) is 40.7 Å². The summed E-state index contributed by atoms with van der Waals surface area (Å²) in [7, 11) is 0. The van der Waals surface area contributed by atoms with Gasteiger partial charge < -0.3 is 4.74 Å². The number of nitrogens with zero attached hydrogens (tertiary/aromatic N) is 2. The van der Waals surface area contributed by atoms with E-state index in [1.165, 1.54) is 16.7 Å². The lowest BCUT2D eigenvalue weighted by molar-refractivity contribution is -0.137. The molecule has 6 nitrogen and oxygen atoms in total. The maximum Gasteiger partial charge on any atom is 0.243 e. The minimum absolute atomic E-state index is 0.179. The number of nitrogens with one attached hydrogen (secondary N) is 1. The van der Waals surface area contributed by atoms with Crippen molar-refractivity contribution < 1.29 is 14.3 Å². The fourth-order valence-corrected chi connectivity index (χ4v) is 6.35. The van der Waals surface area contributed by atoms with E-state index in [0.29, 0.717) is 38.5 Å². The van der Waals surface area contributed by atoms with Crippen molar-refractivity contribution in [1.82, 2.24) is 15.1 Å². The third-order valence-electron chi connectivity index (χ3n) is 8.35. The van der Waals surface area contributed by atoms with Gasteiger partial charge in [-0.1, -0.05) is 60.1 Å². The van der Waals surface area contributed by atoms with E-state index >= 15 is 0 Å². The average Bonchev–Trinajstić information content (AvgIpc) is 3.38. The van der Waals surface area contributed by atoms with E-state index < -0.39 is 0 Å². The summed E-state index contributed by atoms with van der Waals surface area (Å²) in [6, 6.07) is 22.9. The van der Waals surface area contributed by atoms with Gasteiger partial charge in [-0.3, -0.25) is 24.7 Å². The van der Waals surface area contributed by atoms with Gasteiger partial charge in [0.05, 0.1) is 6.04 Å². The van der Waals surface area contributed by atoms with Crippen LogP contribution in [0.1, 0.15) is 59.4 Å². The van der Waals surface area contributed by atoms with E-state index in [1.54, 1.807) is 0 Å². The molecule has 3 aromatic carbocycles. The summed E-state index contributed by atoms with van der Waals surface area (Å²) in [5.74, 6) is 1.09. The Hall–Kier alpha value is -3.19. The highest BCUT2D eigenvalue weighted by molar-refractivity contribution is 6.30. The summed E-state index contributed by atoms with van der Waals surface area (Å²) in [5.41, 5.74) is 6.14. The Kier molecular flexibility index (Phi) is 7.69. The molecule has 0 bridgehead atoms. The fraction of sp³-hybridized carbons (Fsp3) is 0.375. The van der Waals surface area contributed by atoms with Gasteiger partial charge in [0.1, 0.15) is 12.4 Å². The molecule has 1 N–H and O–H groups in total. The van der Waals surface area contributed by atoms with Gasteiger partial charge in [-0.05, 0) is 78.7 Å². The Morgan fingerprint density at radius 1 is 0.897 bits per heavy atom. The van der Waals surface area contributed by atoms with Crippen molar-refractivity contribution in [1.29, 1.82) is 0 Å². The van der Waals surface area contributed by atoms with E-state index in [2.05, 4.69) is 63.6 Å². The molecule has 2 saturated heterocycles. The lowest BCUT2D eigenvalue weighted by atomic mass is 9.89. The number of hydrogen-bond acceptors (Lipinski definition) is 5. The van der Waals surface area contributed by atoms with Crippen LogP contribution in [0.4, 0.5) is 0 Å². The molecule has 39 heavy (non-hydrogen) atoms. The molecular weight excluding hydrogens is 510 g/mol. The normalized spacial score (nSPS) is 20.6. The number of fused-ring (bicyclic) bond motifs is 1. The average molecular weight is 544 g/mol. The molecule has 0 radical (unpaired) electrons. The molecule has 1 unspecified atom stereocenters. The minimum Gasteiger partial charge on any atom is -0.489 e. The van der Waals surface area contributed by atoms with Gasteiger partial charge in [0, 0.05) is 36.6 Å².